The summed E-state index contributed by atoms with van der Waals surface area (Å²) < 4.78 is 11.6. The number of carbonyl (C=O) groups is 1. The molecule has 2 fully saturated rings. The molecule has 1 unspecified atom stereocenters. The Morgan fingerprint density at radius 1 is 1.09 bits per heavy atom. The van der Waals surface area contributed by atoms with Crippen LogP contribution >= 0.6 is 0 Å². The number of rotatable bonds is 10. The van der Waals surface area contributed by atoms with E-state index in [2.05, 4.69) is 4.90 Å². The zero-order valence-corrected chi connectivity index (χ0v) is 20.5. The lowest BCUT2D eigenvalue weighted by Crippen LogP contribution is -2.37. The van der Waals surface area contributed by atoms with Crippen molar-refractivity contribution >= 4 is 11.7 Å². The summed E-state index contributed by atoms with van der Waals surface area (Å²) in [5.41, 5.74) is 2.09. The van der Waals surface area contributed by atoms with E-state index in [0.717, 1.165) is 67.1 Å². The van der Waals surface area contributed by atoms with E-state index < -0.39 is 11.6 Å². The second-order valence-corrected chi connectivity index (χ2v) is 10.3. The molecule has 2 aromatic rings. The lowest BCUT2D eigenvalue weighted by molar-refractivity contribution is -0.137. The highest BCUT2D eigenvalue weighted by Crippen LogP contribution is 2.45. The van der Waals surface area contributed by atoms with E-state index in [1.54, 1.807) is 7.11 Å². The summed E-state index contributed by atoms with van der Waals surface area (Å²) in [6, 6.07) is 13.9. The topological polar surface area (TPSA) is 79.2 Å². The van der Waals surface area contributed by atoms with E-state index in [0.29, 0.717) is 18.4 Å². The van der Waals surface area contributed by atoms with Crippen molar-refractivity contribution in [1.29, 1.82) is 0 Å². The minimum absolute atomic E-state index is 0.0807. The fraction of sp³-hybridized carbons (Fsp3) is 0.536. The number of anilines is 1. The Balaban J connectivity index is 1.35. The van der Waals surface area contributed by atoms with Crippen LogP contribution in [-0.2, 0) is 10.4 Å². The number of benzene rings is 2. The summed E-state index contributed by atoms with van der Waals surface area (Å²) in [7, 11) is 1.66. The molecule has 1 aliphatic heterocycles. The monoisotopic (exact) mass is 467 g/mol. The van der Waals surface area contributed by atoms with Crippen LogP contribution in [0.5, 0.6) is 11.5 Å². The Morgan fingerprint density at radius 3 is 2.44 bits per heavy atom. The Morgan fingerprint density at radius 2 is 1.82 bits per heavy atom. The summed E-state index contributed by atoms with van der Waals surface area (Å²) in [5.74, 6) is 1.90. The molecule has 34 heavy (non-hydrogen) atoms. The van der Waals surface area contributed by atoms with Gasteiger partial charge in [-0.1, -0.05) is 18.2 Å². The average molecular weight is 468 g/mol. The van der Waals surface area contributed by atoms with Gasteiger partial charge in [-0.3, -0.25) is 4.79 Å². The van der Waals surface area contributed by atoms with E-state index in [1.165, 1.54) is 0 Å². The number of nitrogens with zero attached hydrogens (tertiary/aromatic N) is 1. The standard InChI is InChI=1S/C28H37NO5/c1-28(2,32)25-10-9-22(33-3)16-26(25)29-13-11-19(12-14-29)18-34-23-6-4-5-21(15-23)24(17-27(30)31)20-7-8-20/h4-6,9-10,15-16,19-20,24,32H,7-8,11-14,17-18H2,1-3H3,(H,30,31). The highest BCUT2D eigenvalue weighted by Gasteiger charge is 2.34. The van der Waals surface area contributed by atoms with E-state index in [4.69, 9.17) is 9.47 Å². The zero-order chi connectivity index (χ0) is 24.3. The minimum Gasteiger partial charge on any atom is -0.497 e. The maximum absolute atomic E-state index is 11.3. The van der Waals surface area contributed by atoms with Crippen molar-refractivity contribution in [2.45, 2.75) is 57.5 Å². The summed E-state index contributed by atoms with van der Waals surface area (Å²) >= 11 is 0. The van der Waals surface area contributed by atoms with Crippen LogP contribution < -0.4 is 14.4 Å². The summed E-state index contributed by atoms with van der Waals surface area (Å²) in [5, 5.41) is 20.0. The molecule has 6 heteroatoms. The molecule has 1 saturated carbocycles. The van der Waals surface area contributed by atoms with E-state index in [9.17, 15) is 15.0 Å². The quantitative estimate of drug-likeness (QED) is 0.501. The van der Waals surface area contributed by atoms with Gasteiger partial charge in [0.05, 0.1) is 25.7 Å². The molecule has 0 aromatic heterocycles. The Hall–Kier alpha value is -2.73. The molecule has 1 atom stereocenters. The SMILES string of the molecule is COc1ccc(C(C)(C)O)c(N2CCC(COc3cccc(C(CC(=O)O)C4CC4)c3)CC2)c1. The first-order valence-corrected chi connectivity index (χ1v) is 12.3. The lowest BCUT2D eigenvalue weighted by atomic mass is 9.91. The molecule has 0 spiro atoms. The molecule has 2 aromatic carbocycles. The molecule has 1 aliphatic carbocycles. The van der Waals surface area contributed by atoms with Gasteiger partial charge in [-0.05, 0) is 81.0 Å². The Kier molecular flexibility index (Phi) is 7.36. The predicted octanol–water partition coefficient (Wildman–Crippen LogP) is 5.19. The van der Waals surface area contributed by atoms with Crippen molar-refractivity contribution in [2.24, 2.45) is 11.8 Å². The van der Waals surface area contributed by atoms with Crippen LogP contribution in [0.25, 0.3) is 0 Å². The van der Waals surface area contributed by atoms with Crippen LogP contribution in [0.2, 0.25) is 0 Å². The third kappa shape index (κ3) is 6.03. The molecule has 4 rings (SSSR count). The van der Waals surface area contributed by atoms with Crippen LogP contribution in [0.15, 0.2) is 42.5 Å². The highest BCUT2D eigenvalue weighted by atomic mass is 16.5. The Bertz CT molecular complexity index is 987. The van der Waals surface area contributed by atoms with Crippen LogP contribution in [0.1, 0.15) is 63.0 Å². The van der Waals surface area contributed by atoms with Gasteiger partial charge in [-0.25, -0.2) is 0 Å². The molecule has 6 nitrogen and oxygen atoms in total. The van der Waals surface area contributed by atoms with Gasteiger partial charge in [0.2, 0.25) is 0 Å². The normalized spacial score (nSPS) is 17.9. The molecular weight excluding hydrogens is 430 g/mol. The second kappa shape index (κ2) is 10.3. The van der Waals surface area contributed by atoms with Crippen molar-refractivity contribution in [2.75, 3.05) is 31.7 Å². The molecule has 0 amide bonds. The van der Waals surface area contributed by atoms with E-state index in [1.807, 2.05) is 56.3 Å². The van der Waals surface area contributed by atoms with Crippen molar-refractivity contribution in [1.82, 2.24) is 0 Å². The van der Waals surface area contributed by atoms with Crippen molar-refractivity contribution in [3.05, 3.63) is 53.6 Å². The first kappa shape index (κ1) is 24.4. The van der Waals surface area contributed by atoms with Crippen molar-refractivity contribution < 1.29 is 24.5 Å². The third-order valence-corrected chi connectivity index (χ3v) is 7.18. The van der Waals surface area contributed by atoms with Crippen LogP contribution in [-0.4, -0.2) is 43.0 Å². The number of ether oxygens (including phenoxy) is 2. The zero-order valence-electron chi connectivity index (χ0n) is 20.5. The number of piperidine rings is 1. The second-order valence-electron chi connectivity index (χ2n) is 10.3. The Labute approximate surface area is 202 Å². The molecule has 0 radical (unpaired) electrons. The van der Waals surface area contributed by atoms with Crippen LogP contribution in [0, 0.1) is 11.8 Å². The van der Waals surface area contributed by atoms with Gasteiger partial charge in [0, 0.05) is 30.4 Å². The van der Waals surface area contributed by atoms with Gasteiger partial charge in [-0.2, -0.15) is 0 Å². The molecule has 2 N–H and O–H groups in total. The fourth-order valence-electron chi connectivity index (χ4n) is 5.05. The van der Waals surface area contributed by atoms with Crippen molar-refractivity contribution in [3.8, 4) is 11.5 Å². The summed E-state index contributed by atoms with van der Waals surface area (Å²) in [6.45, 7) is 6.08. The smallest absolute Gasteiger partial charge is 0.303 e. The van der Waals surface area contributed by atoms with E-state index >= 15 is 0 Å². The van der Waals surface area contributed by atoms with E-state index in [-0.39, 0.29) is 12.3 Å². The fourth-order valence-corrected chi connectivity index (χ4v) is 5.05. The third-order valence-electron chi connectivity index (χ3n) is 7.18. The molecule has 0 bridgehead atoms. The molecule has 184 valence electrons. The molecular formula is C28H37NO5. The first-order chi connectivity index (χ1) is 16.2. The number of hydrogen-bond acceptors (Lipinski definition) is 5. The largest absolute Gasteiger partial charge is 0.497 e. The van der Waals surface area contributed by atoms with Gasteiger partial charge in [-0.15, -0.1) is 0 Å². The summed E-state index contributed by atoms with van der Waals surface area (Å²) in [6.07, 6.45) is 4.43. The minimum atomic E-state index is -0.925. The van der Waals surface area contributed by atoms with Gasteiger partial charge in [0.25, 0.3) is 0 Å². The average Bonchev–Trinajstić information content (AvgIpc) is 3.66. The van der Waals surface area contributed by atoms with Gasteiger partial charge >= 0.3 is 5.97 Å². The predicted molar refractivity (Wildman–Crippen MR) is 133 cm³/mol. The van der Waals surface area contributed by atoms with Gasteiger partial charge in [0.15, 0.2) is 0 Å². The summed E-state index contributed by atoms with van der Waals surface area (Å²) in [4.78, 5) is 13.6. The maximum atomic E-state index is 11.3. The maximum Gasteiger partial charge on any atom is 0.303 e. The van der Waals surface area contributed by atoms with Crippen LogP contribution in [0.4, 0.5) is 5.69 Å². The number of aliphatic carboxylic acids is 1. The first-order valence-electron chi connectivity index (χ1n) is 12.3. The number of carboxylic acid groups (broad SMARTS) is 1. The lowest BCUT2D eigenvalue weighted by Gasteiger charge is -2.36. The number of aliphatic hydroxyl groups is 1. The van der Waals surface area contributed by atoms with Crippen molar-refractivity contribution in [3.63, 3.8) is 0 Å². The molecule has 1 heterocycles. The van der Waals surface area contributed by atoms with Crippen LogP contribution in [0.3, 0.4) is 0 Å². The van der Waals surface area contributed by atoms with Gasteiger partial charge in [0.1, 0.15) is 11.5 Å². The molecule has 1 saturated heterocycles. The number of carboxylic acids is 1. The molecule has 2 aliphatic rings. The number of methoxy groups -OCH3 is 1. The van der Waals surface area contributed by atoms with Gasteiger partial charge < -0.3 is 24.6 Å². The highest BCUT2D eigenvalue weighted by molar-refractivity contribution is 5.68. The number of hydrogen-bond donors (Lipinski definition) is 2.